The molecule has 0 saturated heterocycles. The van der Waals surface area contributed by atoms with Crippen molar-refractivity contribution in [3.63, 3.8) is 0 Å². The van der Waals surface area contributed by atoms with Gasteiger partial charge in [0.2, 0.25) is 0 Å². The summed E-state index contributed by atoms with van der Waals surface area (Å²) in [5, 5.41) is 0. The molecular formula is C64H116O6. The number of carbonyl (C=O) groups is 3. The van der Waals surface area contributed by atoms with Crippen molar-refractivity contribution in [2.24, 2.45) is 0 Å². The van der Waals surface area contributed by atoms with Crippen molar-refractivity contribution < 1.29 is 28.6 Å². The molecule has 0 aromatic rings. The quantitative estimate of drug-likeness (QED) is 0.0261. The molecule has 0 aliphatic carbocycles. The van der Waals surface area contributed by atoms with Crippen LogP contribution in [0.2, 0.25) is 0 Å². The summed E-state index contributed by atoms with van der Waals surface area (Å²) in [6.07, 6.45) is 72.8. The van der Waals surface area contributed by atoms with Gasteiger partial charge in [-0.1, -0.05) is 294 Å². The Balaban J connectivity index is 4.12. The highest BCUT2D eigenvalue weighted by Gasteiger charge is 2.19. The lowest BCUT2D eigenvalue weighted by Gasteiger charge is -2.18. The molecule has 0 aliphatic rings. The number of rotatable bonds is 56. The molecule has 0 aromatic heterocycles. The maximum atomic E-state index is 12.8. The van der Waals surface area contributed by atoms with Gasteiger partial charge in [-0.05, 0) is 57.8 Å². The van der Waals surface area contributed by atoms with Crippen molar-refractivity contribution in [1.82, 2.24) is 0 Å². The van der Waals surface area contributed by atoms with Crippen molar-refractivity contribution in [2.45, 2.75) is 329 Å². The van der Waals surface area contributed by atoms with Gasteiger partial charge in [0, 0.05) is 19.3 Å². The molecule has 0 spiro atoms. The summed E-state index contributed by atoms with van der Waals surface area (Å²) in [4.78, 5) is 38.0. The molecule has 0 saturated carbocycles. The van der Waals surface area contributed by atoms with Crippen LogP contribution in [-0.2, 0) is 28.6 Å². The van der Waals surface area contributed by atoms with Crippen LogP contribution < -0.4 is 0 Å². The summed E-state index contributed by atoms with van der Waals surface area (Å²) in [6.45, 7) is 6.52. The van der Waals surface area contributed by atoms with Gasteiger partial charge in [-0.2, -0.15) is 0 Å². The van der Waals surface area contributed by atoms with Gasteiger partial charge in [0.25, 0.3) is 0 Å². The van der Waals surface area contributed by atoms with Crippen molar-refractivity contribution in [1.29, 1.82) is 0 Å². The fourth-order valence-electron chi connectivity index (χ4n) is 9.02. The van der Waals surface area contributed by atoms with E-state index < -0.39 is 6.10 Å². The van der Waals surface area contributed by atoms with Crippen LogP contribution >= 0.6 is 0 Å². The molecule has 1 unspecified atom stereocenters. The number of unbranched alkanes of at least 4 members (excludes halogenated alkanes) is 37. The molecule has 0 heterocycles. The Bertz CT molecular complexity index is 1220. The number of allylic oxidation sites excluding steroid dienone is 8. The van der Waals surface area contributed by atoms with Gasteiger partial charge in [-0.15, -0.1) is 0 Å². The molecule has 6 heteroatoms. The van der Waals surface area contributed by atoms with E-state index in [0.717, 1.165) is 89.9 Å². The molecule has 0 rings (SSSR count). The highest BCUT2D eigenvalue weighted by molar-refractivity contribution is 5.71. The molecule has 0 bridgehead atoms. The second-order valence-corrected chi connectivity index (χ2v) is 20.6. The average Bonchev–Trinajstić information content (AvgIpc) is 3.36. The van der Waals surface area contributed by atoms with Crippen LogP contribution in [0.3, 0.4) is 0 Å². The van der Waals surface area contributed by atoms with Crippen LogP contribution in [0, 0.1) is 0 Å². The Hall–Kier alpha value is -2.63. The number of hydrogen-bond acceptors (Lipinski definition) is 6. The van der Waals surface area contributed by atoms with Crippen molar-refractivity contribution >= 4 is 17.9 Å². The fourth-order valence-corrected chi connectivity index (χ4v) is 9.02. The zero-order chi connectivity index (χ0) is 50.7. The first-order valence-electron chi connectivity index (χ1n) is 30.6. The van der Waals surface area contributed by atoms with Gasteiger partial charge < -0.3 is 14.2 Å². The summed E-state index contributed by atoms with van der Waals surface area (Å²) in [5.74, 6) is -0.870. The van der Waals surface area contributed by atoms with E-state index in [0.29, 0.717) is 19.3 Å². The van der Waals surface area contributed by atoms with Crippen molar-refractivity contribution in [3.05, 3.63) is 48.6 Å². The molecular weight excluding hydrogens is 865 g/mol. The van der Waals surface area contributed by atoms with Gasteiger partial charge in [-0.25, -0.2) is 0 Å². The van der Waals surface area contributed by atoms with Gasteiger partial charge >= 0.3 is 17.9 Å². The molecule has 70 heavy (non-hydrogen) atoms. The third-order valence-corrected chi connectivity index (χ3v) is 13.6. The number of esters is 3. The van der Waals surface area contributed by atoms with Crippen LogP contribution in [0.25, 0.3) is 0 Å². The third kappa shape index (κ3) is 56.3. The highest BCUT2D eigenvalue weighted by Crippen LogP contribution is 2.17. The van der Waals surface area contributed by atoms with Crippen molar-refractivity contribution in [3.8, 4) is 0 Å². The molecule has 408 valence electrons. The second kappa shape index (κ2) is 58.9. The lowest BCUT2D eigenvalue weighted by atomic mass is 10.0. The largest absolute Gasteiger partial charge is 0.462 e. The molecule has 0 aromatic carbocycles. The van der Waals surface area contributed by atoms with E-state index in [9.17, 15) is 14.4 Å². The highest BCUT2D eigenvalue weighted by atomic mass is 16.6. The summed E-state index contributed by atoms with van der Waals surface area (Å²) in [5.41, 5.74) is 0. The number of ether oxygens (including phenoxy) is 3. The van der Waals surface area contributed by atoms with Gasteiger partial charge in [0.1, 0.15) is 13.2 Å². The van der Waals surface area contributed by atoms with E-state index >= 15 is 0 Å². The standard InChI is InChI=1S/C64H116O6/c1-4-7-10-13-16-18-20-22-24-26-28-30-31-32-34-35-37-39-41-43-45-48-51-54-57-63(66)69-60-61(59-68-62(65)56-53-50-47-15-12-9-6-3)70-64(67)58-55-52-49-46-44-42-40-38-36-33-29-27-25-23-21-19-17-14-11-8-5-2/h8,11,17,19,23,25,29,33,61H,4-7,9-10,12-16,18,20-22,24,26-28,30-32,34-60H2,1-3H3/b11-8-,19-17-,25-23-,33-29-. The third-order valence-electron chi connectivity index (χ3n) is 13.6. The summed E-state index contributed by atoms with van der Waals surface area (Å²) in [6, 6.07) is 0. The molecule has 0 amide bonds. The van der Waals surface area contributed by atoms with E-state index in [1.807, 2.05) is 0 Å². The lowest BCUT2D eigenvalue weighted by Crippen LogP contribution is -2.30. The predicted octanol–water partition coefficient (Wildman–Crippen LogP) is 20.6. The normalized spacial score (nSPS) is 12.3. The number of carbonyl (C=O) groups excluding carboxylic acids is 3. The minimum absolute atomic E-state index is 0.0725. The van der Waals surface area contributed by atoms with Crippen LogP contribution in [0.15, 0.2) is 48.6 Å². The maximum absolute atomic E-state index is 12.8. The van der Waals surface area contributed by atoms with E-state index in [1.54, 1.807) is 0 Å². The molecule has 0 aliphatic heterocycles. The van der Waals surface area contributed by atoms with Crippen LogP contribution in [0.5, 0.6) is 0 Å². The first-order chi connectivity index (χ1) is 34.5. The predicted molar refractivity (Wildman–Crippen MR) is 302 cm³/mol. The average molecular weight is 982 g/mol. The second-order valence-electron chi connectivity index (χ2n) is 20.6. The molecule has 0 radical (unpaired) electrons. The topological polar surface area (TPSA) is 78.9 Å². The summed E-state index contributed by atoms with van der Waals surface area (Å²) >= 11 is 0. The first kappa shape index (κ1) is 67.4. The van der Waals surface area contributed by atoms with Gasteiger partial charge in [-0.3, -0.25) is 14.4 Å². The fraction of sp³-hybridized carbons (Fsp3) is 0.828. The minimum atomic E-state index is -0.773. The Morgan fingerprint density at radius 1 is 0.300 bits per heavy atom. The SMILES string of the molecule is CC/C=C\C/C=C\C/C=C\C/C=C\CCCCCCCCCCC(=O)OC(COC(=O)CCCCCCCCC)COC(=O)CCCCCCCCCCCCCCCCCCCCCCCCCC. The molecule has 1 atom stereocenters. The van der Waals surface area contributed by atoms with Gasteiger partial charge in [0.05, 0.1) is 0 Å². The summed E-state index contributed by atoms with van der Waals surface area (Å²) in [7, 11) is 0. The van der Waals surface area contributed by atoms with Crippen LogP contribution in [-0.4, -0.2) is 37.2 Å². The maximum Gasteiger partial charge on any atom is 0.306 e. The Morgan fingerprint density at radius 3 is 0.871 bits per heavy atom. The van der Waals surface area contributed by atoms with E-state index in [4.69, 9.17) is 14.2 Å². The van der Waals surface area contributed by atoms with E-state index in [-0.39, 0.29) is 31.1 Å². The summed E-state index contributed by atoms with van der Waals surface area (Å²) < 4.78 is 16.8. The monoisotopic (exact) mass is 981 g/mol. The molecule has 0 fully saturated rings. The van der Waals surface area contributed by atoms with E-state index in [1.165, 1.54) is 193 Å². The first-order valence-corrected chi connectivity index (χ1v) is 30.6. The molecule has 0 N–H and O–H groups in total. The minimum Gasteiger partial charge on any atom is -0.462 e. The zero-order valence-electron chi connectivity index (χ0n) is 46.8. The molecule has 6 nitrogen and oxygen atoms in total. The van der Waals surface area contributed by atoms with Gasteiger partial charge in [0.15, 0.2) is 6.10 Å². The van der Waals surface area contributed by atoms with Crippen molar-refractivity contribution in [2.75, 3.05) is 13.2 Å². The van der Waals surface area contributed by atoms with E-state index in [2.05, 4.69) is 69.4 Å². The lowest BCUT2D eigenvalue weighted by molar-refractivity contribution is -0.167. The van der Waals surface area contributed by atoms with Crippen LogP contribution in [0.4, 0.5) is 0 Å². The Morgan fingerprint density at radius 2 is 0.557 bits per heavy atom. The zero-order valence-corrected chi connectivity index (χ0v) is 46.8. The Kier molecular flexibility index (Phi) is 56.7. The number of hydrogen-bond donors (Lipinski definition) is 0. The smallest absolute Gasteiger partial charge is 0.306 e. The Labute approximate surface area is 435 Å². The van der Waals surface area contributed by atoms with Crippen LogP contribution in [0.1, 0.15) is 323 Å².